The first kappa shape index (κ1) is 15.0. The van der Waals surface area contributed by atoms with Crippen molar-refractivity contribution in [3.63, 3.8) is 0 Å². The molecule has 3 unspecified atom stereocenters. The largest absolute Gasteiger partial charge is 0.324 e. The molecule has 0 aromatic heterocycles. The van der Waals surface area contributed by atoms with Crippen LogP contribution in [0.15, 0.2) is 30.3 Å². The predicted molar refractivity (Wildman–Crippen MR) is 88.2 cm³/mol. The molecular formula is C18H29N3. The van der Waals surface area contributed by atoms with Crippen molar-refractivity contribution < 1.29 is 0 Å². The zero-order valence-electron chi connectivity index (χ0n) is 13.2. The molecule has 0 saturated carbocycles. The molecule has 2 saturated heterocycles. The smallest absolute Gasteiger partial charge is 0.0295 e. The summed E-state index contributed by atoms with van der Waals surface area (Å²) in [5.74, 6) is 0. The molecule has 2 aliphatic heterocycles. The van der Waals surface area contributed by atoms with Crippen molar-refractivity contribution in [3.05, 3.63) is 35.9 Å². The molecule has 0 spiro atoms. The lowest BCUT2D eigenvalue weighted by Crippen LogP contribution is -2.55. The zero-order valence-corrected chi connectivity index (χ0v) is 13.2. The van der Waals surface area contributed by atoms with Crippen molar-refractivity contribution in [3.8, 4) is 0 Å². The normalized spacial score (nSPS) is 28.5. The third-order valence-corrected chi connectivity index (χ3v) is 5.25. The summed E-state index contributed by atoms with van der Waals surface area (Å²) in [5, 5.41) is 0. The van der Waals surface area contributed by atoms with Crippen LogP contribution < -0.4 is 5.73 Å². The van der Waals surface area contributed by atoms with Gasteiger partial charge in [0.1, 0.15) is 0 Å². The minimum Gasteiger partial charge on any atom is -0.324 e. The fraction of sp³-hybridized carbons (Fsp3) is 0.667. The number of piperazine rings is 1. The number of benzene rings is 1. The third kappa shape index (κ3) is 3.65. The van der Waals surface area contributed by atoms with Gasteiger partial charge in [-0.15, -0.1) is 0 Å². The van der Waals surface area contributed by atoms with E-state index in [2.05, 4.69) is 47.1 Å². The summed E-state index contributed by atoms with van der Waals surface area (Å²) in [6.07, 6.45) is 5.07. The topological polar surface area (TPSA) is 32.5 Å². The van der Waals surface area contributed by atoms with Gasteiger partial charge in [0, 0.05) is 31.2 Å². The van der Waals surface area contributed by atoms with Crippen LogP contribution in [0.5, 0.6) is 0 Å². The van der Waals surface area contributed by atoms with Gasteiger partial charge in [0.15, 0.2) is 0 Å². The van der Waals surface area contributed by atoms with Gasteiger partial charge in [-0.3, -0.25) is 9.80 Å². The van der Waals surface area contributed by atoms with Crippen LogP contribution in [0.2, 0.25) is 0 Å². The molecule has 0 amide bonds. The Bertz CT molecular complexity index is 433. The van der Waals surface area contributed by atoms with Crippen LogP contribution in [0.1, 0.15) is 44.2 Å². The second kappa shape index (κ2) is 6.91. The molecule has 2 aliphatic rings. The maximum atomic E-state index is 6.30. The Morgan fingerprint density at radius 3 is 2.86 bits per heavy atom. The summed E-state index contributed by atoms with van der Waals surface area (Å²) in [6, 6.07) is 12.2. The highest BCUT2D eigenvalue weighted by atomic mass is 15.3. The molecule has 3 rings (SSSR count). The highest BCUT2D eigenvalue weighted by Crippen LogP contribution is 2.25. The van der Waals surface area contributed by atoms with Gasteiger partial charge in [-0.05, 0) is 51.3 Å². The van der Waals surface area contributed by atoms with Gasteiger partial charge in [-0.1, -0.05) is 30.3 Å². The SMILES string of the molecule is CC1CN2CCCC2CN1CCCC(N)c1ccccc1. The van der Waals surface area contributed by atoms with Gasteiger partial charge in [0.2, 0.25) is 0 Å². The molecule has 1 aromatic rings. The van der Waals surface area contributed by atoms with Crippen LogP contribution in [0.25, 0.3) is 0 Å². The fourth-order valence-corrected chi connectivity index (χ4v) is 3.94. The van der Waals surface area contributed by atoms with Crippen molar-refractivity contribution in [1.82, 2.24) is 9.80 Å². The van der Waals surface area contributed by atoms with E-state index < -0.39 is 0 Å². The monoisotopic (exact) mass is 287 g/mol. The quantitative estimate of drug-likeness (QED) is 0.903. The van der Waals surface area contributed by atoms with Gasteiger partial charge in [0.25, 0.3) is 0 Å². The van der Waals surface area contributed by atoms with E-state index >= 15 is 0 Å². The Balaban J connectivity index is 1.44. The van der Waals surface area contributed by atoms with Gasteiger partial charge >= 0.3 is 0 Å². The van der Waals surface area contributed by atoms with Crippen molar-refractivity contribution in [1.29, 1.82) is 0 Å². The van der Waals surface area contributed by atoms with Crippen LogP contribution in [0.4, 0.5) is 0 Å². The first-order valence-electron chi connectivity index (χ1n) is 8.52. The summed E-state index contributed by atoms with van der Waals surface area (Å²) in [7, 11) is 0. The molecule has 2 fully saturated rings. The number of fused-ring (bicyclic) bond motifs is 1. The van der Waals surface area contributed by atoms with Crippen LogP contribution in [0.3, 0.4) is 0 Å². The summed E-state index contributed by atoms with van der Waals surface area (Å²) < 4.78 is 0. The van der Waals surface area contributed by atoms with Gasteiger partial charge in [-0.25, -0.2) is 0 Å². The molecule has 3 nitrogen and oxygen atoms in total. The molecule has 3 heteroatoms. The predicted octanol–water partition coefficient (Wildman–Crippen LogP) is 2.64. The second-order valence-electron chi connectivity index (χ2n) is 6.79. The Morgan fingerprint density at radius 1 is 1.24 bits per heavy atom. The third-order valence-electron chi connectivity index (χ3n) is 5.25. The highest BCUT2D eigenvalue weighted by Gasteiger charge is 2.33. The van der Waals surface area contributed by atoms with Crippen molar-refractivity contribution in [2.24, 2.45) is 5.73 Å². The van der Waals surface area contributed by atoms with Gasteiger partial charge < -0.3 is 5.73 Å². The number of rotatable bonds is 5. The molecule has 2 heterocycles. The van der Waals surface area contributed by atoms with E-state index in [0.29, 0.717) is 6.04 Å². The zero-order chi connectivity index (χ0) is 14.7. The van der Waals surface area contributed by atoms with Crippen LogP contribution in [-0.2, 0) is 0 Å². The van der Waals surface area contributed by atoms with E-state index in [1.807, 2.05) is 0 Å². The summed E-state index contributed by atoms with van der Waals surface area (Å²) in [5.41, 5.74) is 7.57. The minimum atomic E-state index is 0.189. The Morgan fingerprint density at radius 2 is 2.05 bits per heavy atom. The molecule has 0 bridgehead atoms. The maximum Gasteiger partial charge on any atom is 0.0295 e. The number of nitrogens with two attached hydrogens (primary N) is 1. The number of hydrogen-bond acceptors (Lipinski definition) is 3. The Kier molecular flexibility index (Phi) is 4.94. The molecule has 21 heavy (non-hydrogen) atoms. The Labute approximate surface area is 129 Å². The van der Waals surface area contributed by atoms with Gasteiger partial charge in [-0.2, -0.15) is 0 Å². The first-order valence-corrected chi connectivity index (χ1v) is 8.52. The highest BCUT2D eigenvalue weighted by molar-refractivity contribution is 5.18. The average molecular weight is 287 g/mol. The molecule has 2 N–H and O–H groups in total. The van der Waals surface area contributed by atoms with Crippen molar-refractivity contribution in [2.45, 2.75) is 50.7 Å². The van der Waals surface area contributed by atoms with E-state index in [9.17, 15) is 0 Å². The molecule has 0 aliphatic carbocycles. The number of hydrogen-bond donors (Lipinski definition) is 1. The second-order valence-corrected chi connectivity index (χ2v) is 6.79. The number of nitrogens with zero attached hydrogens (tertiary/aromatic N) is 2. The van der Waals surface area contributed by atoms with E-state index in [1.54, 1.807) is 0 Å². The lowest BCUT2D eigenvalue weighted by atomic mass is 10.0. The van der Waals surface area contributed by atoms with Crippen LogP contribution in [0, 0.1) is 0 Å². The molecular weight excluding hydrogens is 258 g/mol. The van der Waals surface area contributed by atoms with E-state index in [1.165, 1.54) is 51.0 Å². The lowest BCUT2D eigenvalue weighted by molar-refractivity contribution is 0.0581. The molecule has 1 aromatic carbocycles. The summed E-state index contributed by atoms with van der Waals surface area (Å²) in [4.78, 5) is 5.38. The standard InChI is InChI=1S/C18H29N3/c1-15-13-21-12-5-9-17(21)14-20(15)11-6-10-18(19)16-7-3-2-4-8-16/h2-4,7-8,15,17-18H,5-6,9-14,19H2,1H3. The summed E-state index contributed by atoms with van der Waals surface area (Å²) >= 11 is 0. The molecule has 3 atom stereocenters. The summed E-state index contributed by atoms with van der Waals surface area (Å²) in [6.45, 7) is 7.43. The van der Waals surface area contributed by atoms with E-state index in [0.717, 1.165) is 12.5 Å². The Hall–Kier alpha value is -0.900. The van der Waals surface area contributed by atoms with Crippen LogP contribution in [-0.4, -0.2) is 48.1 Å². The lowest BCUT2D eigenvalue weighted by Gasteiger charge is -2.42. The molecule has 0 radical (unpaired) electrons. The van der Waals surface area contributed by atoms with Crippen LogP contribution >= 0.6 is 0 Å². The first-order chi connectivity index (χ1) is 10.2. The minimum absolute atomic E-state index is 0.189. The van der Waals surface area contributed by atoms with Gasteiger partial charge in [0.05, 0.1) is 0 Å². The van der Waals surface area contributed by atoms with Crippen molar-refractivity contribution >= 4 is 0 Å². The average Bonchev–Trinajstić information content (AvgIpc) is 2.95. The molecule has 116 valence electrons. The van der Waals surface area contributed by atoms with E-state index in [4.69, 9.17) is 5.73 Å². The van der Waals surface area contributed by atoms with E-state index in [-0.39, 0.29) is 6.04 Å². The fourth-order valence-electron chi connectivity index (χ4n) is 3.94. The maximum absolute atomic E-state index is 6.30. The van der Waals surface area contributed by atoms with Crippen molar-refractivity contribution in [2.75, 3.05) is 26.2 Å².